The van der Waals surface area contributed by atoms with Gasteiger partial charge in [-0.25, -0.2) is 0 Å². The molecule has 162 valence electrons. The highest BCUT2D eigenvalue weighted by molar-refractivity contribution is 9.10. The molecule has 0 N–H and O–H groups in total. The Labute approximate surface area is 205 Å². The van der Waals surface area contributed by atoms with Gasteiger partial charge in [-0.3, -0.25) is 0 Å². The Morgan fingerprint density at radius 2 is 1.00 bits per heavy atom. The van der Waals surface area contributed by atoms with Crippen LogP contribution in [0.4, 0.5) is 34.1 Å². The van der Waals surface area contributed by atoms with E-state index in [2.05, 4.69) is 123 Å². The fraction of sp³-hybridized carbons (Fsp3) is 0. The number of hydrogen-bond acceptors (Lipinski definition) is 3. The number of anilines is 6. The molecule has 6 aromatic rings. The summed E-state index contributed by atoms with van der Waals surface area (Å²) in [4.78, 5) is 4.68. The zero-order valence-electron chi connectivity index (χ0n) is 18.2. The second-order valence-corrected chi connectivity index (χ2v) is 9.23. The zero-order valence-corrected chi connectivity index (χ0v) is 19.7. The summed E-state index contributed by atoms with van der Waals surface area (Å²) in [7, 11) is 0. The van der Waals surface area contributed by atoms with Gasteiger partial charge in [0.25, 0.3) is 0 Å². The van der Waals surface area contributed by atoms with Gasteiger partial charge in [0.05, 0.1) is 28.4 Å². The first-order chi connectivity index (χ1) is 16.8. The molecule has 7 rings (SSSR count). The number of hydrogen-bond donors (Lipinski definition) is 0. The van der Waals surface area contributed by atoms with Gasteiger partial charge in [-0.05, 0) is 76.6 Å². The fourth-order valence-corrected chi connectivity index (χ4v) is 5.43. The zero-order chi connectivity index (χ0) is 22.6. The van der Waals surface area contributed by atoms with Crippen molar-refractivity contribution in [3.8, 4) is 0 Å². The van der Waals surface area contributed by atoms with Crippen molar-refractivity contribution < 1.29 is 4.42 Å². The van der Waals surface area contributed by atoms with E-state index in [9.17, 15) is 0 Å². The molecular formula is C30H19BrN2O. The minimum Gasteiger partial charge on any atom is -0.456 e. The highest BCUT2D eigenvalue weighted by Gasteiger charge is 2.31. The molecule has 1 aliphatic rings. The molecule has 0 saturated carbocycles. The smallest absolute Gasteiger partial charge is 0.135 e. The second-order valence-electron chi connectivity index (χ2n) is 8.38. The largest absolute Gasteiger partial charge is 0.456 e. The molecule has 0 saturated heterocycles. The van der Waals surface area contributed by atoms with Crippen LogP contribution in [0.15, 0.2) is 124 Å². The summed E-state index contributed by atoms with van der Waals surface area (Å²) >= 11 is 3.78. The second kappa shape index (κ2) is 7.51. The lowest BCUT2D eigenvalue weighted by atomic mass is 10.0. The van der Waals surface area contributed by atoms with Gasteiger partial charge < -0.3 is 14.2 Å². The number of halogens is 1. The number of rotatable bonds is 2. The van der Waals surface area contributed by atoms with Gasteiger partial charge in [0, 0.05) is 20.9 Å². The first-order valence-electron chi connectivity index (χ1n) is 11.2. The van der Waals surface area contributed by atoms with E-state index in [0.29, 0.717) is 0 Å². The number of fused-ring (bicyclic) bond motifs is 5. The van der Waals surface area contributed by atoms with E-state index in [1.54, 1.807) is 0 Å². The van der Waals surface area contributed by atoms with E-state index in [1.807, 2.05) is 18.2 Å². The average molecular weight is 503 g/mol. The Bertz CT molecular complexity index is 1660. The van der Waals surface area contributed by atoms with Gasteiger partial charge in [-0.1, -0.05) is 54.6 Å². The van der Waals surface area contributed by atoms with Crippen molar-refractivity contribution in [3.05, 3.63) is 120 Å². The summed E-state index contributed by atoms with van der Waals surface area (Å²) in [6.45, 7) is 0. The van der Waals surface area contributed by atoms with Gasteiger partial charge in [0.1, 0.15) is 11.2 Å². The lowest BCUT2D eigenvalue weighted by Crippen LogP contribution is -2.24. The Balaban J connectivity index is 1.50. The lowest BCUT2D eigenvalue weighted by molar-refractivity contribution is 0.669. The topological polar surface area (TPSA) is 19.6 Å². The SMILES string of the molecule is Brc1ccccc1N1c2ccccc2N(c2ccc3oc4ccccc4c3c2)c2ccccc21. The highest BCUT2D eigenvalue weighted by Crippen LogP contribution is 2.55. The predicted molar refractivity (Wildman–Crippen MR) is 144 cm³/mol. The molecule has 5 aromatic carbocycles. The number of furan rings is 1. The van der Waals surface area contributed by atoms with Gasteiger partial charge in [-0.2, -0.15) is 0 Å². The van der Waals surface area contributed by atoms with Crippen LogP contribution >= 0.6 is 15.9 Å². The normalized spacial score (nSPS) is 12.7. The van der Waals surface area contributed by atoms with Crippen LogP contribution in [0.3, 0.4) is 0 Å². The van der Waals surface area contributed by atoms with Crippen LogP contribution in [0, 0.1) is 0 Å². The molecule has 1 aromatic heterocycles. The Kier molecular flexibility index (Phi) is 4.29. The summed E-state index contributed by atoms with van der Waals surface area (Å²) in [6.07, 6.45) is 0. The summed E-state index contributed by atoms with van der Waals surface area (Å²) in [5.74, 6) is 0. The first-order valence-corrected chi connectivity index (χ1v) is 12.0. The van der Waals surface area contributed by atoms with Crippen LogP contribution < -0.4 is 9.80 Å². The van der Waals surface area contributed by atoms with E-state index in [0.717, 1.165) is 60.5 Å². The maximum atomic E-state index is 6.09. The minimum atomic E-state index is 0.901. The Hall–Kier alpha value is -4.02. The Morgan fingerprint density at radius 1 is 0.471 bits per heavy atom. The van der Waals surface area contributed by atoms with Crippen molar-refractivity contribution in [1.82, 2.24) is 0 Å². The molecule has 0 aliphatic carbocycles. The monoisotopic (exact) mass is 502 g/mol. The van der Waals surface area contributed by atoms with Crippen LogP contribution in [0.1, 0.15) is 0 Å². The van der Waals surface area contributed by atoms with E-state index >= 15 is 0 Å². The quantitative estimate of drug-likeness (QED) is 0.234. The summed E-state index contributed by atoms with van der Waals surface area (Å²) in [6, 6.07) is 40.2. The third kappa shape index (κ3) is 2.82. The van der Waals surface area contributed by atoms with Gasteiger partial charge in [0.15, 0.2) is 0 Å². The van der Waals surface area contributed by atoms with E-state index < -0.39 is 0 Å². The van der Waals surface area contributed by atoms with Crippen molar-refractivity contribution in [3.63, 3.8) is 0 Å². The predicted octanol–water partition coefficient (Wildman–Crippen LogP) is 9.60. The molecule has 3 nitrogen and oxygen atoms in total. The standard InChI is InChI=1S/C30H19BrN2O/c31-23-10-2-3-11-24(23)33-27-14-6-4-12-25(27)32(26-13-5-7-15-28(26)33)20-17-18-30-22(19-20)21-9-1-8-16-29(21)34-30/h1-19H. The van der Waals surface area contributed by atoms with Crippen molar-refractivity contribution in [2.45, 2.75) is 0 Å². The highest BCUT2D eigenvalue weighted by atomic mass is 79.9. The molecule has 0 atom stereocenters. The number of nitrogens with zero attached hydrogens (tertiary/aromatic N) is 2. The molecule has 0 fully saturated rings. The van der Waals surface area contributed by atoms with E-state index in [-0.39, 0.29) is 0 Å². The van der Waals surface area contributed by atoms with Crippen molar-refractivity contribution >= 4 is 72.0 Å². The van der Waals surface area contributed by atoms with Crippen molar-refractivity contribution in [2.75, 3.05) is 9.80 Å². The van der Waals surface area contributed by atoms with Crippen LogP contribution in [-0.4, -0.2) is 0 Å². The van der Waals surface area contributed by atoms with Gasteiger partial charge in [0.2, 0.25) is 0 Å². The third-order valence-corrected chi connectivity index (χ3v) is 7.11. The minimum absolute atomic E-state index is 0.901. The lowest BCUT2D eigenvalue weighted by Gasteiger charge is -2.40. The maximum Gasteiger partial charge on any atom is 0.135 e. The summed E-state index contributed by atoms with van der Waals surface area (Å²) in [5.41, 5.74) is 8.54. The molecule has 0 bridgehead atoms. The van der Waals surface area contributed by atoms with Gasteiger partial charge in [-0.15, -0.1) is 0 Å². The average Bonchev–Trinajstić information content (AvgIpc) is 3.26. The van der Waals surface area contributed by atoms with E-state index in [4.69, 9.17) is 4.42 Å². The molecule has 2 heterocycles. The van der Waals surface area contributed by atoms with Crippen LogP contribution in [-0.2, 0) is 0 Å². The summed E-state index contributed by atoms with van der Waals surface area (Å²) in [5, 5.41) is 2.25. The van der Waals surface area contributed by atoms with Gasteiger partial charge >= 0.3 is 0 Å². The van der Waals surface area contributed by atoms with Crippen LogP contribution in [0.5, 0.6) is 0 Å². The molecule has 4 heteroatoms. The molecule has 34 heavy (non-hydrogen) atoms. The maximum absolute atomic E-state index is 6.09. The van der Waals surface area contributed by atoms with Crippen molar-refractivity contribution in [1.29, 1.82) is 0 Å². The molecule has 0 unspecified atom stereocenters. The van der Waals surface area contributed by atoms with Crippen LogP contribution in [0.2, 0.25) is 0 Å². The molecule has 0 amide bonds. The molecular weight excluding hydrogens is 484 g/mol. The first kappa shape index (κ1) is 19.4. The fourth-order valence-electron chi connectivity index (χ4n) is 4.97. The van der Waals surface area contributed by atoms with Crippen molar-refractivity contribution in [2.24, 2.45) is 0 Å². The number of para-hydroxylation sites is 6. The molecule has 0 spiro atoms. The van der Waals surface area contributed by atoms with Crippen LogP contribution in [0.25, 0.3) is 21.9 Å². The molecule has 1 aliphatic heterocycles. The summed E-state index contributed by atoms with van der Waals surface area (Å²) < 4.78 is 7.14. The number of benzene rings is 5. The van der Waals surface area contributed by atoms with E-state index in [1.165, 1.54) is 0 Å². The molecule has 0 radical (unpaired) electrons. The Morgan fingerprint density at radius 3 is 1.68 bits per heavy atom. The third-order valence-electron chi connectivity index (χ3n) is 6.44.